The molecule has 0 aliphatic rings. The molecule has 0 bridgehead atoms. The first-order valence-electron chi connectivity index (χ1n) is 6.97. The first-order chi connectivity index (χ1) is 10.1. The molecule has 0 spiro atoms. The minimum atomic E-state index is 0.128. The van der Waals surface area contributed by atoms with Crippen LogP contribution in [0, 0.1) is 6.92 Å². The van der Waals surface area contributed by atoms with Gasteiger partial charge in [0.1, 0.15) is 0 Å². The molecule has 1 atom stereocenters. The summed E-state index contributed by atoms with van der Waals surface area (Å²) in [5, 5.41) is 15.2. The van der Waals surface area contributed by atoms with Gasteiger partial charge in [-0.3, -0.25) is 0 Å². The number of benzene rings is 2. The van der Waals surface area contributed by atoms with Crippen LogP contribution >= 0.6 is 0 Å². The lowest BCUT2D eigenvalue weighted by Crippen LogP contribution is -2.19. The maximum atomic E-state index is 8.72. The molecule has 0 amide bonds. The molecule has 0 aromatic heterocycles. The van der Waals surface area contributed by atoms with Crippen molar-refractivity contribution >= 4 is 5.84 Å². The molecule has 2 aromatic carbocycles. The van der Waals surface area contributed by atoms with Gasteiger partial charge in [-0.2, -0.15) is 0 Å². The van der Waals surface area contributed by atoms with Crippen molar-refractivity contribution in [1.29, 1.82) is 0 Å². The van der Waals surface area contributed by atoms with Gasteiger partial charge in [-0.1, -0.05) is 53.2 Å². The topological polar surface area (TPSA) is 70.6 Å². The third-order valence-electron chi connectivity index (χ3n) is 3.52. The molecule has 2 rings (SSSR count). The molecule has 4 heteroatoms. The predicted molar refractivity (Wildman–Crippen MR) is 85.4 cm³/mol. The van der Waals surface area contributed by atoms with E-state index in [9.17, 15) is 0 Å². The highest BCUT2D eigenvalue weighted by Crippen LogP contribution is 2.14. The lowest BCUT2D eigenvalue weighted by Gasteiger charge is -2.15. The van der Waals surface area contributed by atoms with E-state index in [4.69, 9.17) is 10.9 Å². The van der Waals surface area contributed by atoms with Gasteiger partial charge in [-0.15, -0.1) is 0 Å². The lowest BCUT2D eigenvalue weighted by atomic mass is 10.1. The Morgan fingerprint density at radius 1 is 1.24 bits per heavy atom. The van der Waals surface area contributed by atoms with E-state index < -0.39 is 0 Å². The molecule has 0 saturated carbocycles. The zero-order chi connectivity index (χ0) is 15.2. The van der Waals surface area contributed by atoms with Crippen LogP contribution in [0.2, 0.25) is 0 Å². The standard InChI is InChI=1S/C17H21N3O/c1-12-6-8-15(9-7-12)13(2)19-11-14-4-3-5-16(10-14)17(18)20-21/h3-10,13,19,21H,11H2,1-2H3,(H2,18,20). The maximum Gasteiger partial charge on any atom is 0.170 e. The van der Waals surface area contributed by atoms with Gasteiger partial charge in [0.25, 0.3) is 0 Å². The van der Waals surface area contributed by atoms with E-state index in [2.05, 4.69) is 48.6 Å². The number of nitrogens with two attached hydrogens (primary N) is 1. The molecular weight excluding hydrogens is 262 g/mol. The summed E-state index contributed by atoms with van der Waals surface area (Å²) < 4.78 is 0. The summed E-state index contributed by atoms with van der Waals surface area (Å²) in [4.78, 5) is 0. The Kier molecular flexibility index (Phi) is 4.95. The minimum Gasteiger partial charge on any atom is -0.409 e. The second kappa shape index (κ2) is 6.90. The highest BCUT2D eigenvalue weighted by atomic mass is 16.4. The molecule has 0 aliphatic carbocycles. The summed E-state index contributed by atoms with van der Waals surface area (Å²) >= 11 is 0. The zero-order valence-corrected chi connectivity index (χ0v) is 12.4. The Morgan fingerprint density at radius 3 is 2.62 bits per heavy atom. The molecule has 0 radical (unpaired) electrons. The van der Waals surface area contributed by atoms with Crippen molar-refractivity contribution in [2.45, 2.75) is 26.4 Å². The third-order valence-corrected chi connectivity index (χ3v) is 3.52. The number of nitrogens with zero attached hydrogens (tertiary/aromatic N) is 1. The van der Waals surface area contributed by atoms with Gasteiger partial charge in [0, 0.05) is 18.2 Å². The molecule has 2 aromatic rings. The van der Waals surface area contributed by atoms with E-state index in [1.54, 1.807) is 0 Å². The second-order valence-electron chi connectivity index (χ2n) is 5.20. The predicted octanol–water partition coefficient (Wildman–Crippen LogP) is 2.94. The average Bonchev–Trinajstić information content (AvgIpc) is 2.52. The fourth-order valence-electron chi connectivity index (χ4n) is 2.14. The molecule has 1 unspecified atom stereocenters. The van der Waals surface area contributed by atoms with Crippen LogP contribution in [0.4, 0.5) is 0 Å². The van der Waals surface area contributed by atoms with Crippen molar-refractivity contribution in [3.63, 3.8) is 0 Å². The van der Waals surface area contributed by atoms with Crippen molar-refractivity contribution in [2.75, 3.05) is 0 Å². The van der Waals surface area contributed by atoms with E-state index >= 15 is 0 Å². The molecule has 0 heterocycles. The van der Waals surface area contributed by atoms with Gasteiger partial charge < -0.3 is 16.3 Å². The third kappa shape index (κ3) is 4.07. The number of oxime groups is 1. The zero-order valence-electron chi connectivity index (χ0n) is 12.4. The van der Waals surface area contributed by atoms with Crippen molar-refractivity contribution in [2.24, 2.45) is 10.9 Å². The molecule has 0 saturated heterocycles. The van der Waals surface area contributed by atoms with E-state index in [-0.39, 0.29) is 11.9 Å². The van der Waals surface area contributed by atoms with Gasteiger partial charge in [0.2, 0.25) is 0 Å². The summed E-state index contributed by atoms with van der Waals surface area (Å²) in [6.45, 7) is 4.94. The average molecular weight is 283 g/mol. The number of amidine groups is 1. The van der Waals surface area contributed by atoms with Crippen LogP contribution in [0.25, 0.3) is 0 Å². The highest BCUT2D eigenvalue weighted by Gasteiger charge is 2.05. The Morgan fingerprint density at radius 2 is 1.95 bits per heavy atom. The van der Waals surface area contributed by atoms with Crippen LogP contribution in [0.5, 0.6) is 0 Å². The van der Waals surface area contributed by atoms with E-state index in [1.807, 2.05) is 24.3 Å². The smallest absolute Gasteiger partial charge is 0.170 e. The number of hydrogen-bond donors (Lipinski definition) is 3. The monoisotopic (exact) mass is 283 g/mol. The van der Waals surface area contributed by atoms with Crippen molar-refractivity contribution < 1.29 is 5.21 Å². The summed E-state index contributed by atoms with van der Waals surface area (Å²) in [6.07, 6.45) is 0. The maximum absolute atomic E-state index is 8.72. The summed E-state index contributed by atoms with van der Waals surface area (Å²) in [5.74, 6) is 0.128. The quantitative estimate of drug-likeness (QED) is 0.342. The van der Waals surface area contributed by atoms with Crippen LogP contribution in [-0.2, 0) is 6.54 Å². The largest absolute Gasteiger partial charge is 0.409 e. The number of hydrogen-bond acceptors (Lipinski definition) is 3. The molecule has 0 fully saturated rings. The van der Waals surface area contributed by atoms with E-state index in [0.29, 0.717) is 0 Å². The summed E-state index contributed by atoms with van der Waals surface area (Å²) in [7, 11) is 0. The van der Waals surface area contributed by atoms with E-state index in [0.717, 1.165) is 17.7 Å². The van der Waals surface area contributed by atoms with Gasteiger partial charge in [-0.05, 0) is 31.0 Å². The number of nitrogens with one attached hydrogen (secondary N) is 1. The lowest BCUT2D eigenvalue weighted by molar-refractivity contribution is 0.318. The fourth-order valence-corrected chi connectivity index (χ4v) is 2.14. The fraction of sp³-hybridized carbons (Fsp3) is 0.235. The van der Waals surface area contributed by atoms with E-state index in [1.165, 1.54) is 11.1 Å². The van der Waals surface area contributed by atoms with Crippen LogP contribution in [0.3, 0.4) is 0 Å². The Bertz CT molecular complexity index is 620. The van der Waals surface area contributed by atoms with Crippen molar-refractivity contribution in [1.82, 2.24) is 5.32 Å². The Hall–Kier alpha value is -2.33. The van der Waals surface area contributed by atoms with Crippen LogP contribution in [0.1, 0.15) is 35.2 Å². The number of aryl methyl sites for hydroxylation is 1. The summed E-state index contributed by atoms with van der Waals surface area (Å²) in [6, 6.07) is 16.4. The number of rotatable bonds is 5. The Balaban J connectivity index is 2.01. The molecule has 0 aliphatic heterocycles. The first kappa shape index (κ1) is 15.1. The minimum absolute atomic E-state index is 0.128. The van der Waals surface area contributed by atoms with Crippen molar-refractivity contribution in [3.05, 3.63) is 70.8 Å². The first-order valence-corrected chi connectivity index (χ1v) is 6.97. The normalized spacial score (nSPS) is 13.1. The molecular formula is C17H21N3O. The highest BCUT2D eigenvalue weighted by molar-refractivity contribution is 5.97. The van der Waals surface area contributed by atoms with Gasteiger partial charge in [-0.25, -0.2) is 0 Å². The Labute approximate surface area is 125 Å². The van der Waals surface area contributed by atoms with Gasteiger partial charge in [0.05, 0.1) is 0 Å². The SMILES string of the molecule is Cc1ccc(C(C)NCc2cccc(C(N)=NO)c2)cc1. The molecule has 21 heavy (non-hydrogen) atoms. The van der Waals surface area contributed by atoms with Crippen LogP contribution < -0.4 is 11.1 Å². The van der Waals surface area contributed by atoms with Gasteiger partial charge in [0.15, 0.2) is 5.84 Å². The second-order valence-corrected chi connectivity index (χ2v) is 5.20. The molecule has 4 N–H and O–H groups in total. The molecule has 4 nitrogen and oxygen atoms in total. The molecule has 110 valence electrons. The summed E-state index contributed by atoms with van der Waals surface area (Å²) in [5.41, 5.74) is 9.94. The van der Waals surface area contributed by atoms with Crippen LogP contribution in [-0.4, -0.2) is 11.0 Å². The van der Waals surface area contributed by atoms with Crippen LogP contribution in [0.15, 0.2) is 53.7 Å². The van der Waals surface area contributed by atoms with Gasteiger partial charge >= 0.3 is 0 Å². The van der Waals surface area contributed by atoms with Crippen molar-refractivity contribution in [3.8, 4) is 0 Å².